The molecule has 7 heteroatoms. The van der Waals surface area contributed by atoms with Crippen molar-refractivity contribution in [3.63, 3.8) is 0 Å². The molecule has 1 aliphatic heterocycles. The summed E-state index contributed by atoms with van der Waals surface area (Å²) in [4.78, 5) is 11.1. The summed E-state index contributed by atoms with van der Waals surface area (Å²) in [6, 6.07) is 7.75. The number of methoxy groups -OCH3 is 1. The van der Waals surface area contributed by atoms with Crippen LogP contribution in [0, 0.1) is 0 Å². The van der Waals surface area contributed by atoms with Crippen molar-refractivity contribution in [2.75, 3.05) is 25.1 Å². The third kappa shape index (κ3) is 3.09. The molecule has 0 spiro atoms. The number of aromatic nitrogens is 4. The molecule has 3 heterocycles. The summed E-state index contributed by atoms with van der Waals surface area (Å²) in [5.41, 5.74) is 0.863. The topological polar surface area (TPSA) is 65.3 Å². The van der Waals surface area contributed by atoms with Crippen LogP contribution in [0.3, 0.4) is 0 Å². The fraction of sp³-hybridized carbons (Fsp3) is 0.389. The van der Waals surface area contributed by atoms with Crippen LogP contribution in [0.4, 0.5) is 5.82 Å². The molecule has 0 aliphatic carbocycles. The van der Waals surface area contributed by atoms with Gasteiger partial charge in [0.1, 0.15) is 29.7 Å². The first-order chi connectivity index (χ1) is 12.2. The Bertz CT molecular complexity index is 854. The average molecular weight is 339 g/mol. The maximum Gasteiger partial charge on any atom is 0.163 e. The van der Waals surface area contributed by atoms with Crippen molar-refractivity contribution in [2.24, 2.45) is 7.05 Å². The molecule has 1 fully saturated rings. The number of nitrogens with zero attached hydrogens (tertiary/aromatic N) is 5. The van der Waals surface area contributed by atoms with Crippen LogP contribution in [0.15, 0.2) is 36.8 Å². The molecule has 2 aromatic heterocycles. The zero-order valence-electron chi connectivity index (χ0n) is 14.4. The van der Waals surface area contributed by atoms with Gasteiger partial charge in [0.2, 0.25) is 0 Å². The second kappa shape index (κ2) is 6.58. The molecule has 7 nitrogen and oxygen atoms in total. The fourth-order valence-electron chi connectivity index (χ4n) is 3.23. The summed E-state index contributed by atoms with van der Waals surface area (Å²) < 4.78 is 13.1. The second-order valence-corrected chi connectivity index (χ2v) is 6.18. The van der Waals surface area contributed by atoms with Gasteiger partial charge in [-0.2, -0.15) is 5.10 Å². The van der Waals surface area contributed by atoms with E-state index < -0.39 is 0 Å². The highest BCUT2D eigenvalue weighted by molar-refractivity contribution is 5.86. The third-order valence-electron chi connectivity index (χ3n) is 4.61. The second-order valence-electron chi connectivity index (χ2n) is 6.18. The molecule has 130 valence electrons. The van der Waals surface area contributed by atoms with Crippen LogP contribution >= 0.6 is 0 Å². The van der Waals surface area contributed by atoms with E-state index in [9.17, 15) is 0 Å². The molecule has 1 aromatic carbocycles. The maximum absolute atomic E-state index is 6.10. The van der Waals surface area contributed by atoms with E-state index in [4.69, 9.17) is 9.47 Å². The lowest BCUT2D eigenvalue weighted by Gasteiger charge is -2.33. The molecule has 0 radical (unpaired) electrons. The van der Waals surface area contributed by atoms with Crippen molar-refractivity contribution < 1.29 is 9.47 Å². The Morgan fingerprint density at radius 3 is 2.48 bits per heavy atom. The Morgan fingerprint density at radius 2 is 1.76 bits per heavy atom. The number of rotatable bonds is 4. The zero-order chi connectivity index (χ0) is 17.2. The summed E-state index contributed by atoms with van der Waals surface area (Å²) in [5, 5.41) is 5.29. The van der Waals surface area contributed by atoms with E-state index in [1.165, 1.54) is 0 Å². The Hall–Kier alpha value is -2.83. The van der Waals surface area contributed by atoms with Gasteiger partial charge >= 0.3 is 0 Å². The lowest BCUT2D eigenvalue weighted by atomic mass is 10.1. The van der Waals surface area contributed by atoms with Crippen LogP contribution in [0.1, 0.15) is 12.8 Å². The number of hydrogen-bond donors (Lipinski definition) is 0. The molecule has 0 unspecified atom stereocenters. The maximum atomic E-state index is 6.10. The molecule has 0 atom stereocenters. The Balaban J connectivity index is 1.42. The van der Waals surface area contributed by atoms with Gasteiger partial charge in [-0.1, -0.05) is 0 Å². The van der Waals surface area contributed by atoms with Crippen LogP contribution in [-0.2, 0) is 7.05 Å². The van der Waals surface area contributed by atoms with Crippen LogP contribution < -0.4 is 14.4 Å². The van der Waals surface area contributed by atoms with Crippen molar-refractivity contribution in [3.05, 3.63) is 36.8 Å². The minimum Gasteiger partial charge on any atom is -0.497 e. The number of aryl methyl sites for hydroxylation is 1. The van der Waals surface area contributed by atoms with Gasteiger partial charge in [-0.25, -0.2) is 9.97 Å². The Morgan fingerprint density at radius 1 is 1.04 bits per heavy atom. The number of ether oxygens (including phenoxy) is 2. The van der Waals surface area contributed by atoms with E-state index in [2.05, 4.69) is 20.0 Å². The van der Waals surface area contributed by atoms with Gasteiger partial charge in [-0.3, -0.25) is 4.68 Å². The van der Waals surface area contributed by atoms with Crippen molar-refractivity contribution in [1.82, 2.24) is 19.7 Å². The first-order valence-electron chi connectivity index (χ1n) is 8.43. The van der Waals surface area contributed by atoms with E-state index in [-0.39, 0.29) is 6.10 Å². The van der Waals surface area contributed by atoms with E-state index in [0.29, 0.717) is 0 Å². The molecule has 0 bridgehead atoms. The number of hydrogen-bond acceptors (Lipinski definition) is 6. The van der Waals surface area contributed by atoms with Gasteiger partial charge in [-0.05, 0) is 24.3 Å². The molecule has 0 amide bonds. The van der Waals surface area contributed by atoms with Gasteiger partial charge in [0.15, 0.2) is 5.65 Å². The molecule has 3 aromatic rings. The largest absolute Gasteiger partial charge is 0.497 e. The standard InChI is InChI=1S/C18H21N5O2/c1-22-17-16(11-21-22)18(20-12-19-17)23-9-7-15(8-10-23)25-14-5-3-13(24-2)4-6-14/h3-6,11-12,15H,7-10H2,1-2H3. The molecule has 25 heavy (non-hydrogen) atoms. The van der Waals surface area contributed by atoms with E-state index in [1.807, 2.05) is 37.5 Å². The molecular weight excluding hydrogens is 318 g/mol. The van der Waals surface area contributed by atoms with Crippen molar-refractivity contribution in [2.45, 2.75) is 18.9 Å². The minimum atomic E-state index is 0.218. The number of fused-ring (bicyclic) bond motifs is 1. The van der Waals surface area contributed by atoms with Gasteiger partial charge in [0, 0.05) is 33.0 Å². The number of piperidine rings is 1. The number of anilines is 1. The van der Waals surface area contributed by atoms with E-state index in [0.717, 1.165) is 54.3 Å². The van der Waals surface area contributed by atoms with Gasteiger partial charge in [0.25, 0.3) is 0 Å². The van der Waals surface area contributed by atoms with Crippen LogP contribution in [0.25, 0.3) is 11.0 Å². The normalized spacial score (nSPS) is 15.5. The quantitative estimate of drug-likeness (QED) is 0.727. The van der Waals surface area contributed by atoms with Crippen molar-refractivity contribution >= 4 is 16.9 Å². The Labute approximate surface area is 146 Å². The van der Waals surface area contributed by atoms with Gasteiger partial charge in [0.05, 0.1) is 18.7 Å². The molecule has 1 aliphatic rings. The highest BCUT2D eigenvalue weighted by Gasteiger charge is 2.23. The van der Waals surface area contributed by atoms with Crippen molar-refractivity contribution in [1.29, 1.82) is 0 Å². The lowest BCUT2D eigenvalue weighted by molar-refractivity contribution is 0.170. The Kier molecular flexibility index (Phi) is 4.13. The number of benzene rings is 1. The first-order valence-corrected chi connectivity index (χ1v) is 8.43. The summed E-state index contributed by atoms with van der Waals surface area (Å²) in [7, 11) is 3.56. The predicted molar refractivity (Wildman–Crippen MR) is 95.2 cm³/mol. The summed E-state index contributed by atoms with van der Waals surface area (Å²) >= 11 is 0. The predicted octanol–water partition coefficient (Wildman–Crippen LogP) is 2.42. The minimum absolute atomic E-state index is 0.218. The van der Waals surface area contributed by atoms with Gasteiger partial charge in [-0.15, -0.1) is 0 Å². The fourth-order valence-corrected chi connectivity index (χ4v) is 3.23. The summed E-state index contributed by atoms with van der Waals surface area (Å²) in [6.45, 7) is 1.81. The third-order valence-corrected chi connectivity index (χ3v) is 4.61. The van der Waals surface area contributed by atoms with E-state index in [1.54, 1.807) is 18.1 Å². The zero-order valence-corrected chi connectivity index (χ0v) is 14.4. The lowest BCUT2D eigenvalue weighted by Crippen LogP contribution is -2.38. The van der Waals surface area contributed by atoms with Crippen LogP contribution in [-0.4, -0.2) is 46.1 Å². The molecule has 0 saturated carbocycles. The van der Waals surface area contributed by atoms with Crippen LogP contribution in [0.2, 0.25) is 0 Å². The van der Waals surface area contributed by atoms with Gasteiger partial charge < -0.3 is 14.4 Å². The molecule has 4 rings (SSSR count). The van der Waals surface area contributed by atoms with Crippen molar-refractivity contribution in [3.8, 4) is 11.5 Å². The SMILES string of the molecule is COc1ccc(OC2CCN(c3ncnc4c3cnn4C)CC2)cc1. The average Bonchev–Trinajstić information content (AvgIpc) is 3.04. The molecular formula is C18H21N5O2. The highest BCUT2D eigenvalue weighted by Crippen LogP contribution is 2.27. The summed E-state index contributed by atoms with van der Waals surface area (Å²) in [5.74, 6) is 2.68. The smallest absolute Gasteiger partial charge is 0.163 e. The van der Waals surface area contributed by atoms with E-state index >= 15 is 0 Å². The monoisotopic (exact) mass is 339 g/mol. The van der Waals surface area contributed by atoms with Crippen LogP contribution in [0.5, 0.6) is 11.5 Å². The summed E-state index contributed by atoms with van der Waals surface area (Å²) in [6.07, 6.45) is 5.58. The highest BCUT2D eigenvalue weighted by atomic mass is 16.5. The molecule has 1 saturated heterocycles. The first kappa shape index (κ1) is 15.7. The molecule has 0 N–H and O–H groups in total.